The second kappa shape index (κ2) is 3.92. The zero-order valence-electron chi connectivity index (χ0n) is 9.61. The normalized spacial score (nSPS) is 27.2. The van der Waals surface area contributed by atoms with Crippen LogP contribution in [0.1, 0.15) is 52.9 Å². The Kier molecular flexibility index (Phi) is 2.80. The van der Waals surface area contributed by atoms with E-state index in [0.717, 1.165) is 5.92 Å². The quantitative estimate of drug-likeness (QED) is 0.605. The first kappa shape index (κ1) is 10.0. The van der Waals surface area contributed by atoms with Gasteiger partial charge >= 0.3 is 0 Å². The van der Waals surface area contributed by atoms with Crippen LogP contribution >= 0.6 is 0 Å². The average Bonchev–Trinajstić information content (AvgIpc) is 2.51. The zero-order valence-corrected chi connectivity index (χ0v) is 9.61. The Morgan fingerprint density at radius 2 is 2.14 bits per heavy atom. The number of hydrogen-bond donors (Lipinski definition) is 0. The van der Waals surface area contributed by atoms with Gasteiger partial charge in [-0.05, 0) is 50.2 Å². The predicted molar refractivity (Wildman–Crippen MR) is 60.9 cm³/mol. The molecule has 0 aromatic heterocycles. The molecule has 0 spiro atoms. The van der Waals surface area contributed by atoms with E-state index >= 15 is 0 Å². The minimum absolute atomic E-state index is 0.766. The van der Waals surface area contributed by atoms with Crippen LogP contribution in [0.15, 0.2) is 22.3 Å². The lowest BCUT2D eigenvalue weighted by Crippen LogP contribution is -2.05. The molecule has 2 radical (unpaired) electrons. The van der Waals surface area contributed by atoms with Gasteiger partial charge in [0.25, 0.3) is 0 Å². The number of allylic oxidation sites excluding steroid dienone is 4. The van der Waals surface area contributed by atoms with Crippen LogP contribution < -0.4 is 0 Å². The van der Waals surface area contributed by atoms with E-state index in [2.05, 4.69) is 27.2 Å². The van der Waals surface area contributed by atoms with E-state index in [9.17, 15) is 0 Å². The lowest BCUT2D eigenvalue weighted by molar-refractivity contribution is 0.615. The molecule has 0 fully saturated rings. The van der Waals surface area contributed by atoms with E-state index in [-0.39, 0.29) is 0 Å². The van der Waals surface area contributed by atoms with E-state index < -0.39 is 0 Å². The van der Waals surface area contributed by atoms with Crippen molar-refractivity contribution in [2.75, 3.05) is 0 Å². The van der Waals surface area contributed by atoms with Crippen molar-refractivity contribution in [3.05, 3.63) is 28.7 Å². The smallest absolute Gasteiger partial charge is 0.0167 e. The molecule has 0 saturated heterocycles. The van der Waals surface area contributed by atoms with Gasteiger partial charge in [0.1, 0.15) is 0 Å². The third kappa shape index (κ3) is 1.36. The Hall–Kier alpha value is -0.520. The summed E-state index contributed by atoms with van der Waals surface area (Å²) in [6.45, 7) is 6.90. The van der Waals surface area contributed by atoms with Crippen LogP contribution in [0.4, 0.5) is 0 Å². The number of rotatable bonds is 2. The molecule has 0 saturated carbocycles. The third-order valence-corrected chi connectivity index (χ3v) is 3.73. The van der Waals surface area contributed by atoms with E-state index in [1.54, 1.807) is 16.7 Å². The van der Waals surface area contributed by atoms with Crippen molar-refractivity contribution in [2.45, 2.75) is 52.9 Å². The minimum atomic E-state index is 0.766. The molecule has 0 heterocycles. The van der Waals surface area contributed by atoms with Crippen molar-refractivity contribution in [1.29, 1.82) is 0 Å². The summed E-state index contributed by atoms with van der Waals surface area (Å²) < 4.78 is 0. The van der Waals surface area contributed by atoms with Crippen LogP contribution in [0.5, 0.6) is 0 Å². The van der Waals surface area contributed by atoms with Gasteiger partial charge in [-0.2, -0.15) is 0 Å². The van der Waals surface area contributed by atoms with Gasteiger partial charge in [-0.15, -0.1) is 0 Å². The molecule has 2 aliphatic rings. The van der Waals surface area contributed by atoms with Crippen molar-refractivity contribution in [3.8, 4) is 0 Å². The van der Waals surface area contributed by atoms with E-state index in [4.69, 9.17) is 0 Å². The average molecular weight is 188 g/mol. The first-order valence-electron chi connectivity index (χ1n) is 5.96. The van der Waals surface area contributed by atoms with Crippen LogP contribution in [0.3, 0.4) is 0 Å². The molecule has 0 nitrogen and oxygen atoms in total. The summed E-state index contributed by atoms with van der Waals surface area (Å²) in [6, 6.07) is 0. The Labute approximate surface area is 88.1 Å². The second-order valence-electron chi connectivity index (χ2n) is 4.40. The topological polar surface area (TPSA) is 0 Å². The van der Waals surface area contributed by atoms with Crippen LogP contribution in [-0.2, 0) is 0 Å². The molecule has 76 valence electrons. The molecule has 0 aliphatic heterocycles. The molecule has 0 heteroatoms. The fourth-order valence-corrected chi connectivity index (χ4v) is 3.09. The van der Waals surface area contributed by atoms with E-state index in [0.29, 0.717) is 0 Å². The van der Waals surface area contributed by atoms with Crippen molar-refractivity contribution in [3.63, 3.8) is 0 Å². The summed E-state index contributed by atoms with van der Waals surface area (Å²) in [4.78, 5) is 0. The molecule has 14 heavy (non-hydrogen) atoms. The fourth-order valence-electron chi connectivity index (χ4n) is 3.09. The van der Waals surface area contributed by atoms with Gasteiger partial charge < -0.3 is 0 Å². The van der Waals surface area contributed by atoms with Crippen molar-refractivity contribution < 1.29 is 0 Å². The highest BCUT2D eigenvalue weighted by Crippen LogP contribution is 2.46. The Bertz CT molecular complexity index is 291. The van der Waals surface area contributed by atoms with Crippen molar-refractivity contribution >= 4 is 0 Å². The summed E-state index contributed by atoms with van der Waals surface area (Å²) in [5.74, 6) is 0.766. The molecule has 0 bridgehead atoms. The fraction of sp³-hybridized carbons (Fsp3) is 0.643. The van der Waals surface area contributed by atoms with Crippen LogP contribution in [0.25, 0.3) is 0 Å². The molecular formula is C14H20. The molecule has 2 aliphatic carbocycles. The molecular weight excluding hydrogens is 168 g/mol. The van der Waals surface area contributed by atoms with Crippen molar-refractivity contribution in [1.82, 2.24) is 0 Å². The summed E-state index contributed by atoms with van der Waals surface area (Å²) >= 11 is 0. The van der Waals surface area contributed by atoms with Crippen LogP contribution in [0, 0.1) is 12.3 Å². The SMILES string of the molecule is CCC1=C(C)C2=C(CCC[C]2)C1CC. The van der Waals surface area contributed by atoms with Crippen LogP contribution in [0.2, 0.25) is 0 Å². The Balaban J connectivity index is 2.36. The predicted octanol–water partition coefficient (Wildman–Crippen LogP) is 4.31. The van der Waals surface area contributed by atoms with Crippen LogP contribution in [-0.4, -0.2) is 0 Å². The molecule has 0 aromatic carbocycles. The van der Waals surface area contributed by atoms with E-state index in [1.165, 1.54) is 37.7 Å². The first-order chi connectivity index (χ1) is 6.79. The lowest BCUT2D eigenvalue weighted by atomic mass is 9.85. The molecule has 0 N–H and O–H groups in total. The standard InChI is InChI=1S/C14H20/c1-4-11-10(3)13-8-6-7-9-14(13)12(11)5-2/h12H,4-7,9H2,1-3H3. The monoisotopic (exact) mass is 188 g/mol. The third-order valence-electron chi connectivity index (χ3n) is 3.73. The highest BCUT2D eigenvalue weighted by molar-refractivity contribution is 5.53. The summed E-state index contributed by atoms with van der Waals surface area (Å²) in [7, 11) is 0. The largest absolute Gasteiger partial charge is 0.0645 e. The summed E-state index contributed by atoms with van der Waals surface area (Å²) in [5, 5.41) is 0. The maximum atomic E-state index is 3.58. The number of hydrogen-bond acceptors (Lipinski definition) is 0. The maximum absolute atomic E-state index is 3.58. The second-order valence-corrected chi connectivity index (χ2v) is 4.40. The molecule has 0 amide bonds. The van der Waals surface area contributed by atoms with Gasteiger partial charge in [0.05, 0.1) is 0 Å². The Morgan fingerprint density at radius 1 is 1.36 bits per heavy atom. The van der Waals surface area contributed by atoms with Crippen molar-refractivity contribution in [2.24, 2.45) is 5.92 Å². The summed E-state index contributed by atoms with van der Waals surface area (Å²) in [5.41, 5.74) is 6.44. The molecule has 1 atom stereocenters. The molecule has 2 rings (SSSR count). The minimum Gasteiger partial charge on any atom is -0.0645 e. The highest BCUT2D eigenvalue weighted by Gasteiger charge is 2.30. The Morgan fingerprint density at radius 3 is 2.79 bits per heavy atom. The maximum Gasteiger partial charge on any atom is 0.0167 e. The van der Waals surface area contributed by atoms with Gasteiger partial charge in [0.15, 0.2) is 0 Å². The lowest BCUT2D eigenvalue weighted by Gasteiger charge is -2.20. The molecule has 0 aromatic rings. The van der Waals surface area contributed by atoms with Gasteiger partial charge in [-0.3, -0.25) is 0 Å². The first-order valence-corrected chi connectivity index (χ1v) is 5.96. The molecule has 1 unspecified atom stereocenters. The highest BCUT2D eigenvalue weighted by atomic mass is 14.3. The van der Waals surface area contributed by atoms with E-state index in [1.807, 2.05) is 0 Å². The van der Waals surface area contributed by atoms with Gasteiger partial charge in [-0.1, -0.05) is 25.0 Å². The van der Waals surface area contributed by atoms with Gasteiger partial charge in [0, 0.05) is 12.3 Å². The van der Waals surface area contributed by atoms with Gasteiger partial charge in [0.2, 0.25) is 0 Å². The van der Waals surface area contributed by atoms with Gasteiger partial charge in [-0.25, -0.2) is 0 Å². The zero-order chi connectivity index (χ0) is 10.1. The summed E-state index contributed by atoms with van der Waals surface area (Å²) in [6.07, 6.45) is 9.89.